The van der Waals surface area contributed by atoms with Gasteiger partial charge in [0.15, 0.2) is 0 Å². The van der Waals surface area contributed by atoms with E-state index in [2.05, 4.69) is 4.72 Å². The molecular formula is C16H13ClF4N2O4S. The van der Waals surface area contributed by atoms with Gasteiger partial charge in [0.25, 0.3) is 15.9 Å². The molecule has 2 aromatic rings. The predicted molar refractivity (Wildman–Crippen MR) is 94.0 cm³/mol. The molecule has 3 N–H and O–H groups in total. The number of halogens is 5. The van der Waals surface area contributed by atoms with Crippen molar-refractivity contribution in [1.29, 1.82) is 0 Å². The normalized spacial score (nSPS) is 14.2. The van der Waals surface area contributed by atoms with Crippen molar-refractivity contribution < 1.29 is 35.9 Å². The first-order chi connectivity index (χ1) is 12.7. The number of anilines is 2. The summed E-state index contributed by atoms with van der Waals surface area (Å²) in [6.07, 6.45) is -5.23. The second-order valence-corrected chi connectivity index (χ2v) is 7.87. The van der Waals surface area contributed by atoms with Crippen molar-refractivity contribution in [3.63, 3.8) is 0 Å². The Kier molecular flexibility index (Phi) is 5.93. The molecule has 0 saturated heterocycles. The van der Waals surface area contributed by atoms with Crippen LogP contribution in [-0.2, 0) is 14.8 Å². The van der Waals surface area contributed by atoms with Crippen LogP contribution in [0.5, 0.6) is 0 Å². The summed E-state index contributed by atoms with van der Waals surface area (Å²) in [5, 5.41) is 10.7. The van der Waals surface area contributed by atoms with Crippen LogP contribution in [0.4, 0.5) is 28.9 Å². The van der Waals surface area contributed by atoms with Crippen LogP contribution in [0, 0.1) is 5.82 Å². The summed E-state index contributed by atoms with van der Waals surface area (Å²) in [5.41, 5.74) is -3.95. The van der Waals surface area contributed by atoms with E-state index in [9.17, 15) is 35.9 Å². The molecule has 6 nitrogen and oxygen atoms in total. The van der Waals surface area contributed by atoms with Gasteiger partial charge in [-0.3, -0.25) is 9.52 Å². The van der Waals surface area contributed by atoms with E-state index >= 15 is 0 Å². The molecule has 0 saturated carbocycles. The van der Waals surface area contributed by atoms with Crippen LogP contribution < -0.4 is 10.0 Å². The molecule has 1 unspecified atom stereocenters. The van der Waals surface area contributed by atoms with E-state index in [1.807, 2.05) is 0 Å². The largest absolute Gasteiger partial charge is 0.426 e. The molecule has 0 aliphatic heterocycles. The molecule has 0 heterocycles. The van der Waals surface area contributed by atoms with Crippen LogP contribution in [0.15, 0.2) is 47.4 Å². The molecule has 152 valence electrons. The topological polar surface area (TPSA) is 95.5 Å². The SMILES string of the molecule is CC(O)(C(=O)Nc1ccc(S(=O)(=O)Nc2ccc(F)cc2)cc1Cl)C(F)(F)F. The molecule has 0 bridgehead atoms. The van der Waals surface area contributed by atoms with Crippen molar-refractivity contribution in [3.8, 4) is 0 Å². The first-order valence-corrected chi connectivity index (χ1v) is 9.28. The summed E-state index contributed by atoms with van der Waals surface area (Å²) in [7, 11) is -4.14. The minimum absolute atomic E-state index is 0.0659. The Morgan fingerprint density at radius 1 is 1.11 bits per heavy atom. The lowest BCUT2D eigenvalue weighted by molar-refractivity contribution is -0.242. The van der Waals surface area contributed by atoms with Gasteiger partial charge in [-0.05, 0) is 49.4 Å². The number of carbonyl (C=O) groups is 1. The number of sulfonamides is 1. The van der Waals surface area contributed by atoms with Gasteiger partial charge in [-0.15, -0.1) is 0 Å². The summed E-state index contributed by atoms with van der Waals surface area (Å²) < 4.78 is 77.7. The number of aliphatic hydroxyl groups is 1. The molecule has 2 rings (SSSR count). The molecule has 0 fully saturated rings. The summed E-state index contributed by atoms with van der Waals surface area (Å²) in [6, 6.07) is 7.28. The number of carbonyl (C=O) groups excluding carboxylic acids is 1. The maximum absolute atomic E-state index is 12.9. The third-order valence-corrected chi connectivity index (χ3v) is 5.28. The molecule has 0 aliphatic rings. The van der Waals surface area contributed by atoms with Crippen LogP contribution in [0.2, 0.25) is 5.02 Å². The lowest BCUT2D eigenvalue weighted by atomic mass is 10.1. The van der Waals surface area contributed by atoms with Crippen LogP contribution in [0.25, 0.3) is 0 Å². The monoisotopic (exact) mass is 440 g/mol. The van der Waals surface area contributed by atoms with Gasteiger partial charge in [0.1, 0.15) is 5.82 Å². The summed E-state index contributed by atoms with van der Waals surface area (Å²) in [5.74, 6) is -2.36. The second kappa shape index (κ2) is 7.57. The molecule has 28 heavy (non-hydrogen) atoms. The summed E-state index contributed by atoms with van der Waals surface area (Å²) in [6.45, 7) is 0.266. The Morgan fingerprint density at radius 3 is 2.18 bits per heavy atom. The lowest BCUT2D eigenvalue weighted by Crippen LogP contribution is -2.52. The Labute approximate surface area is 162 Å². The van der Waals surface area contributed by atoms with Gasteiger partial charge in [0.05, 0.1) is 15.6 Å². The molecule has 1 atom stereocenters. The van der Waals surface area contributed by atoms with E-state index in [1.54, 1.807) is 5.32 Å². The highest BCUT2D eigenvalue weighted by Crippen LogP contribution is 2.33. The van der Waals surface area contributed by atoms with Crippen molar-refractivity contribution in [2.45, 2.75) is 23.6 Å². The van der Waals surface area contributed by atoms with Crippen LogP contribution in [-0.4, -0.2) is 31.2 Å². The van der Waals surface area contributed by atoms with Crippen molar-refractivity contribution >= 4 is 38.9 Å². The highest BCUT2D eigenvalue weighted by atomic mass is 35.5. The van der Waals surface area contributed by atoms with Gasteiger partial charge in [-0.25, -0.2) is 12.8 Å². The fourth-order valence-corrected chi connectivity index (χ4v) is 3.25. The van der Waals surface area contributed by atoms with Gasteiger partial charge >= 0.3 is 6.18 Å². The molecule has 2 aromatic carbocycles. The number of nitrogens with one attached hydrogen (secondary N) is 2. The van der Waals surface area contributed by atoms with Gasteiger partial charge in [0, 0.05) is 5.69 Å². The van der Waals surface area contributed by atoms with E-state index in [4.69, 9.17) is 11.6 Å². The fraction of sp³-hybridized carbons (Fsp3) is 0.188. The average Bonchev–Trinajstić information content (AvgIpc) is 2.57. The third-order valence-electron chi connectivity index (χ3n) is 3.59. The Bertz CT molecular complexity index is 993. The number of rotatable bonds is 5. The van der Waals surface area contributed by atoms with E-state index in [0.29, 0.717) is 0 Å². The van der Waals surface area contributed by atoms with E-state index in [-0.39, 0.29) is 28.2 Å². The highest BCUT2D eigenvalue weighted by molar-refractivity contribution is 7.92. The summed E-state index contributed by atoms with van der Waals surface area (Å²) >= 11 is 5.85. The van der Waals surface area contributed by atoms with Gasteiger partial charge in [-0.1, -0.05) is 11.6 Å². The van der Waals surface area contributed by atoms with Crippen molar-refractivity contribution in [2.75, 3.05) is 10.0 Å². The lowest BCUT2D eigenvalue weighted by Gasteiger charge is -2.25. The number of benzene rings is 2. The summed E-state index contributed by atoms with van der Waals surface area (Å²) in [4.78, 5) is 11.3. The van der Waals surface area contributed by atoms with Crippen LogP contribution in [0.3, 0.4) is 0 Å². The number of alkyl halides is 3. The van der Waals surface area contributed by atoms with E-state index in [0.717, 1.165) is 30.3 Å². The molecule has 0 spiro atoms. The zero-order chi connectivity index (χ0) is 21.3. The Balaban J connectivity index is 2.24. The minimum Gasteiger partial charge on any atom is -0.373 e. The van der Waals surface area contributed by atoms with Gasteiger partial charge in [-0.2, -0.15) is 13.2 Å². The molecule has 0 aliphatic carbocycles. The van der Waals surface area contributed by atoms with E-state index < -0.39 is 33.5 Å². The van der Waals surface area contributed by atoms with Crippen LogP contribution >= 0.6 is 11.6 Å². The minimum atomic E-state index is -5.23. The van der Waals surface area contributed by atoms with Crippen molar-refractivity contribution in [3.05, 3.63) is 53.3 Å². The average molecular weight is 441 g/mol. The van der Waals surface area contributed by atoms with Gasteiger partial charge in [0.2, 0.25) is 5.60 Å². The molecule has 0 aromatic heterocycles. The molecule has 1 amide bonds. The molecular weight excluding hydrogens is 428 g/mol. The maximum Gasteiger partial charge on any atom is 0.426 e. The predicted octanol–water partition coefficient (Wildman–Crippen LogP) is 3.53. The molecule has 0 radical (unpaired) electrons. The van der Waals surface area contributed by atoms with Crippen molar-refractivity contribution in [1.82, 2.24) is 0 Å². The quantitative estimate of drug-likeness (QED) is 0.620. The van der Waals surface area contributed by atoms with Crippen molar-refractivity contribution in [2.24, 2.45) is 0 Å². The van der Waals surface area contributed by atoms with Crippen LogP contribution in [0.1, 0.15) is 6.92 Å². The zero-order valence-corrected chi connectivity index (χ0v) is 15.6. The van der Waals surface area contributed by atoms with Gasteiger partial charge < -0.3 is 10.4 Å². The number of hydrogen-bond acceptors (Lipinski definition) is 4. The second-order valence-electron chi connectivity index (χ2n) is 5.78. The Morgan fingerprint density at radius 2 is 1.68 bits per heavy atom. The number of amides is 1. The van der Waals surface area contributed by atoms with E-state index in [1.165, 1.54) is 12.1 Å². The smallest absolute Gasteiger partial charge is 0.373 e. The molecule has 12 heteroatoms. The Hall–Kier alpha value is -2.37. The first-order valence-electron chi connectivity index (χ1n) is 7.42. The first kappa shape index (κ1) is 21.9. The standard InChI is InChI=1S/C16H13ClF4N2O4S/c1-15(25,16(19,20)21)14(24)22-13-7-6-11(8-12(13)17)28(26,27)23-10-4-2-9(18)3-5-10/h2-8,23,25H,1H3,(H,22,24). The fourth-order valence-electron chi connectivity index (χ4n) is 1.87. The number of hydrogen-bond donors (Lipinski definition) is 3. The maximum atomic E-state index is 12.9. The third kappa shape index (κ3) is 4.72. The highest BCUT2D eigenvalue weighted by Gasteiger charge is 2.55. The zero-order valence-electron chi connectivity index (χ0n) is 14.0.